The number of aryl methyl sites for hydroxylation is 1. The van der Waals surface area contributed by atoms with Crippen LogP contribution < -0.4 is 15.4 Å². The van der Waals surface area contributed by atoms with E-state index in [9.17, 15) is 4.79 Å². The maximum Gasteiger partial charge on any atom is 0.326 e. The van der Waals surface area contributed by atoms with Gasteiger partial charge in [0, 0.05) is 0 Å². The molecule has 0 saturated carbocycles. The van der Waals surface area contributed by atoms with Crippen molar-refractivity contribution in [1.82, 2.24) is 14.6 Å². The second kappa shape index (κ2) is 6.13. The van der Waals surface area contributed by atoms with E-state index in [1.807, 2.05) is 19.1 Å². The first kappa shape index (κ1) is 15.1. The van der Waals surface area contributed by atoms with Crippen LogP contribution in [0.3, 0.4) is 0 Å². The first-order valence-corrected chi connectivity index (χ1v) is 7.18. The summed E-state index contributed by atoms with van der Waals surface area (Å²) in [5, 5.41) is 13.6. The van der Waals surface area contributed by atoms with E-state index in [-0.39, 0.29) is 5.95 Å². The molecule has 0 aliphatic carbocycles. The fourth-order valence-electron chi connectivity index (χ4n) is 2.16. The molecule has 0 atom stereocenters. The van der Waals surface area contributed by atoms with Crippen molar-refractivity contribution < 1.29 is 9.53 Å². The second-order valence-electron chi connectivity index (χ2n) is 4.85. The number of pyridine rings is 1. The minimum Gasteiger partial charge on any atom is -0.495 e. The van der Waals surface area contributed by atoms with E-state index in [0.29, 0.717) is 22.2 Å². The fourth-order valence-corrected chi connectivity index (χ4v) is 2.40. The average Bonchev–Trinajstić information content (AvgIpc) is 2.92. The highest BCUT2D eigenvalue weighted by Crippen LogP contribution is 2.25. The third-order valence-corrected chi connectivity index (χ3v) is 3.50. The van der Waals surface area contributed by atoms with Crippen molar-refractivity contribution in [2.75, 3.05) is 17.7 Å². The number of hydrogen-bond acceptors (Lipinski definition) is 4. The number of methoxy groups -OCH3 is 1. The number of ether oxygens (including phenoxy) is 1. The molecule has 2 N–H and O–H groups in total. The average molecular weight is 332 g/mol. The van der Waals surface area contributed by atoms with Gasteiger partial charge in [0.05, 0.1) is 12.8 Å². The Hall–Kier alpha value is -2.80. The third kappa shape index (κ3) is 3.04. The summed E-state index contributed by atoms with van der Waals surface area (Å²) in [6.07, 6.45) is 0. The van der Waals surface area contributed by atoms with Crippen LogP contribution in [-0.4, -0.2) is 27.7 Å². The molecule has 1 aromatic carbocycles. The molecule has 3 aromatic rings. The van der Waals surface area contributed by atoms with Crippen LogP contribution in [0.1, 0.15) is 5.56 Å². The molecule has 8 heteroatoms. The molecule has 0 spiro atoms. The van der Waals surface area contributed by atoms with Crippen LogP contribution in [0.15, 0.2) is 36.4 Å². The van der Waals surface area contributed by atoms with E-state index in [1.165, 1.54) is 4.40 Å². The number of nitrogens with one attached hydrogen (secondary N) is 2. The van der Waals surface area contributed by atoms with Crippen molar-refractivity contribution >= 4 is 34.9 Å². The number of benzene rings is 1. The normalized spacial score (nSPS) is 10.6. The summed E-state index contributed by atoms with van der Waals surface area (Å²) in [7, 11) is 1.54. The number of nitrogens with zero attached hydrogens (tertiary/aromatic N) is 3. The van der Waals surface area contributed by atoms with Crippen LogP contribution in [0.25, 0.3) is 5.65 Å². The smallest absolute Gasteiger partial charge is 0.326 e. The highest BCUT2D eigenvalue weighted by atomic mass is 35.5. The van der Waals surface area contributed by atoms with Gasteiger partial charge >= 0.3 is 6.03 Å². The lowest BCUT2D eigenvalue weighted by Crippen LogP contribution is -2.21. The monoisotopic (exact) mass is 331 g/mol. The van der Waals surface area contributed by atoms with E-state index in [0.717, 1.165) is 5.56 Å². The SMILES string of the molecule is COc1ccc(C)cc1NC(=O)Nc1nnc2cccc(Cl)n12. The lowest BCUT2D eigenvalue weighted by molar-refractivity contribution is 0.262. The molecule has 0 bridgehead atoms. The Morgan fingerprint density at radius 2 is 2.04 bits per heavy atom. The Morgan fingerprint density at radius 1 is 1.22 bits per heavy atom. The summed E-state index contributed by atoms with van der Waals surface area (Å²) in [6.45, 7) is 1.92. The molecular weight excluding hydrogens is 318 g/mol. The van der Waals surface area contributed by atoms with Gasteiger partial charge in [-0.05, 0) is 36.8 Å². The maximum atomic E-state index is 12.2. The van der Waals surface area contributed by atoms with E-state index in [4.69, 9.17) is 16.3 Å². The molecule has 0 fully saturated rings. The zero-order chi connectivity index (χ0) is 16.4. The van der Waals surface area contributed by atoms with Crippen LogP contribution in [0, 0.1) is 6.92 Å². The van der Waals surface area contributed by atoms with Crippen molar-refractivity contribution in [2.24, 2.45) is 0 Å². The number of rotatable bonds is 3. The van der Waals surface area contributed by atoms with E-state index >= 15 is 0 Å². The number of fused-ring (bicyclic) bond motifs is 1. The maximum absolute atomic E-state index is 12.2. The van der Waals surface area contributed by atoms with Gasteiger partial charge in [-0.25, -0.2) is 4.79 Å². The number of urea groups is 1. The quantitative estimate of drug-likeness (QED) is 0.721. The molecular formula is C15H14ClN5O2. The second-order valence-corrected chi connectivity index (χ2v) is 5.24. The van der Waals surface area contributed by atoms with Gasteiger partial charge in [-0.3, -0.25) is 9.72 Å². The highest BCUT2D eigenvalue weighted by Gasteiger charge is 2.13. The Kier molecular flexibility index (Phi) is 4.03. The minimum atomic E-state index is -0.469. The molecule has 0 saturated heterocycles. The molecule has 2 aromatic heterocycles. The van der Waals surface area contributed by atoms with Gasteiger partial charge in [0.15, 0.2) is 5.65 Å². The summed E-state index contributed by atoms with van der Waals surface area (Å²) >= 11 is 6.11. The van der Waals surface area contributed by atoms with Crippen LogP contribution in [0.5, 0.6) is 5.75 Å². The fraction of sp³-hybridized carbons (Fsp3) is 0.133. The van der Waals surface area contributed by atoms with E-state index in [1.54, 1.807) is 31.4 Å². The number of carbonyl (C=O) groups is 1. The van der Waals surface area contributed by atoms with Crippen molar-refractivity contribution in [3.63, 3.8) is 0 Å². The van der Waals surface area contributed by atoms with Gasteiger partial charge in [0.2, 0.25) is 5.95 Å². The number of anilines is 2. The van der Waals surface area contributed by atoms with Crippen LogP contribution in [0.4, 0.5) is 16.4 Å². The van der Waals surface area contributed by atoms with E-state index < -0.39 is 6.03 Å². The summed E-state index contributed by atoms with van der Waals surface area (Å²) in [5.74, 6) is 0.796. The Balaban J connectivity index is 1.83. The van der Waals surface area contributed by atoms with Gasteiger partial charge in [-0.15, -0.1) is 10.2 Å². The van der Waals surface area contributed by atoms with Gasteiger partial charge in [0.25, 0.3) is 0 Å². The van der Waals surface area contributed by atoms with Crippen LogP contribution in [0.2, 0.25) is 5.15 Å². The molecule has 3 rings (SSSR count). The zero-order valence-corrected chi connectivity index (χ0v) is 13.3. The zero-order valence-electron chi connectivity index (χ0n) is 12.5. The number of amides is 2. The number of carbonyl (C=O) groups excluding carboxylic acids is 1. The number of aromatic nitrogens is 3. The first-order chi connectivity index (χ1) is 11.1. The topological polar surface area (TPSA) is 80.5 Å². The van der Waals surface area contributed by atoms with E-state index in [2.05, 4.69) is 20.8 Å². The summed E-state index contributed by atoms with van der Waals surface area (Å²) in [4.78, 5) is 12.2. The molecule has 0 unspecified atom stereocenters. The molecule has 0 radical (unpaired) electrons. The first-order valence-electron chi connectivity index (χ1n) is 6.81. The van der Waals surface area contributed by atoms with Gasteiger partial charge < -0.3 is 10.1 Å². The van der Waals surface area contributed by atoms with Crippen molar-refractivity contribution in [3.8, 4) is 5.75 Å². The highest BCUT2D eigenvalue weighted by molar-refractivity contribution is 6.30. The lowest BCUT2D eigenvalue weighted by atomic mass is 10.2. The molecule has 0 aliphatic rings. The Labute approximate surface area is 137 Å². The Morgan fingerprint density at radius 3 is 2.83 bits per heavy atom. The summed E-state index contributed by atoms with van der Waals surface area (Å²) in [6, 6.07) is 10.2. The van der Waals surface area contributed by atoms with Crippen molar-refractivity contribution in [2.45, 2.75) is 6.92 Å². The molecule has 118 valence electrons. The van der Waals surface area contributed by atoms with Crippen LogP contribution >= 0.6 is 11.6 Å². The lowest BCUT2D eigenvalue weighted by Gasteiger charge is -2.11. The van der Waals surface area contributed by atoms with Gasteiger partial charge in [0.1, 0.15) is 10.9 Å². The standard InChI is InChI=1S/C15H14ClN5O2/c1-9-6-7-11(23-2)10(8-9)17-15(22)18-14-20-19-13-5-3-4-12(16)21(13)14/h3-8H,1-2H3,(H2,17,18,20,22). The third-order valence-electron chi connectivity index (χ3n) is 3.21. The van der Waals surface area contributed by atoms with Gasteiger partial charge in [-0.1, -0.05) is 23.7 Å². The predicted molar refractivity (Wildman–Crippen MR) is 88.4 cm³/mol. The molecule has 23 heavy (non-hydrogen) atoms. The minimum absolute atomic E-state index is 0.231. The summed E-state index contributed by atoms with van der Waals surface area (Å²) < 4.78 is 6.77. The van der Waals surface area contributed by atoms with Gasteiger partial charge in [-0.2, -0.15) is 0 Å². The molecule has 0 aliphatic heterocycles. The Bertz CT molecular complexity index is 877. The van der Waals surface area contributed by atoms with Crippen molar-refractivity contribution in [3.05, 3.63) is 47.1 Å². The molecule has 2 heterocycles. The largest absolute Gasteiger partial charge is 0.495 e. The predicted octanol–water partition coefficient (Wildman–Crippen LogP) is 3.34. The number of halogens is 1. The summed E-state index contributed by atoms with van der Waals surface area (Å²) in [5.41, 5.74) is 2.10. The molecule has 2 amide bonds. The van der Waals surface area contributed by atoms with Crippen LogP contribution in [-0.2, 0) is 0 Å². The number of hydrogen-bond donors (Lipinski definition) is 2. The molecule has 7 nitrogen and oxygen atoms in total. The van der Waals surface area contributed by atoms with Crippen molar-refractivity contribution in [1.29, 1.82) is 0 Å².